The zero-order chi connectivity index (χ0) is 19.6. The summed E-state index contributed by atoms with van der Waals surface area (Å²) in [7, 11) is -4.21. The molecule has 0 atom stereocenters. The Labute approximate surface area is 169 Å². The van der Waals surface area contributed by atoms with Crippen LogP contribution in [0.15, 0.2) is 45.8 Å². The topological polar surface area (TPSA) is 102 Å². The molecule has 0 aromatic heterocycles. The zero-order valence-electron chi connectivity index (χ0n) is 13.9. The van der Waals surface area contributed by atoms with Gasteiger partial charge >= 0.3 is 0 Å². The molecule has 3 rings (SSSR count). The van der Waals surface area contributed by atoms with Crippen molar-refractivity contribution in [2.45, 2.75) is 4.90 Å². The number of rotatable bonds is 5. The first-order valence-electron chi connectivity index (χ1n) is 7.87. The van der Waals surface area contributed by atoms with Crippen molar-refractivity contribution in [2.24, 2.45) is 0 Å². The van der Waals surface area contributed by atoms with Gasteiger partial charge < -0.3 is 9.64 Å². The Morgan fingerprint density at radius 3 is 2.56 bits per heavy atom. The van der Waals surface area contributed by atoms with Gasteiger partial charge in [-0.1, -0.05) is 27.5 Å². The molecule has 1 aliphatic rings. The van der Waals surface area contributed by atoms with Crippen LogP contribution in [-0.4, -0.2) is 39.6 Å². The maximum absolute atomic E-state index is 12.9. The van der Waals surface area contributed by atoms with Crippen LogP contribution in [0.3, 0.4) is 0 Å². The summed E-state index contributed by atoms with van der Waals surface area (Å²) in [5.41, 5.74) is 0.361. The number of sulfonamides is 1. The molecule has 0 radical (unpaired) electrons. The number of nitro benzene ring substituents is 1. The first-order valence-corrected chi connectivity index (χ1v) is 10.5. The van der Waals surface area contributed by atoms with Gasteiger partial charge in [-0.15, -0.1) is 0 Å². The van der Waals surface area contributed by atoms with Gasteiger partial charge in [0.1, 0.15) is 0 Å². The van der Waals surface area contributed by atoms with Crippen molar-refractivity contribution in [2.75, 3.05) is 35.9 Å². The molecular formula is C16H15BrClN3O5S. The van der Waals surface area contributed by atoms with E-state index in [1.165, 1.54) is 18.2 Å². The highest BCUT2D eigenvalue weighted by Crippen LogP contribution is 2.34. The summed E-state index contributed by atoms with van der Waals surface area (Å²) in [5, 5.41) is 11.6. The smallest absolute Gasteiger partial charge is 0.291 e. The number of benzene rings is 2. The van der Waals surface area contributed by atoms with E-state index in [1.54, 1.807) is 12.1 Å². The maximum Gasteiger partial charge on any atom is 0.291 e. The van der Waals surface area contributed by atoms with Gasteiger partial charge in [-0.05, 0) is 30.3 Å². The third-order valence-electron chi connectivity index (χ3n) is 3.96. The van der Waals surface area contributed by atoms with Gasteiger partial charge in [0, 0.05) is 28.7 Å². The van der Waals surface area contributed by atoms with Crippen LogP contribution < -0.4 is 9.62 Å². The summed E-state index contributed by atoms with van der Waals surface area (Å²) in [6.07, 6.45) is 0. The van der Waals surface area contributed by atoms with Gasteiger partial charge in [-0.2, -0.15) is 0 Å². The molecule has 11 heteroatoms. The van der Waals surface area contributed by atoms with Crippen LogP contribution in [0.2, 0.25) is 5.02 Å². The lowest BCUT2D eigenvalue weighted by Gasteiger charge is -2.30. The van der Waals surface area contributed by atoms with Crippen LogP contribution in [0.25, 0.3) is 0 Å². The Balaban J connectivity index is 2.02. The van der Waals surface area contributed by atoms with Crippen molar-refractivity contribution < 1.29 is 18.1 Å². The molecule has 1 N–H and O–H groups in total. The van der Waals surface area contributed by atoms with Crippen molar-refractivity contribution in [3.63, 3.8) is 0 Å². The van der Waals surface area contributed by atoms with Crippen LogP contribution in [0.5, 0.6) is 0 Å². The van der Waals surface area contributed by atoms with E-state index in [-0.39, 0.29) is 5.69 Å². The number of halogens is 2. The van der Waals surface area contributed by atoms with Gasteiger partial charge in [0.25, 0.3) is 15.7 Å². The number of hydrogen-bond donors (Lipinski definition) is 1. The van der Waals surface area contributed by atoms with E-state index in [4.69, 9.17) is 16.3 Å². The van der Waals surface area contributed by atoms with Gasteiger partial charge in [-0.3, -0.25) is 14.8 Å². The summed E-state index contributed by atoms with van der Waals surface area (Å²) >= 11 is 9.16. The maximum atomic E-state index is 12.9. The Bertz CT molecular complexity index is 980. The number of morpholine rings is 1. The lowest BCUT2D eigenvalue weighted by atomic mass is 10.2. The van der Waals surface area contributed by atoms with Crippen LogP contribution in [0, 0.1) is 10.1 Å². The number of hydrogen-bond acceptors (Lipinski definition) is 6. The first-order chi connectivity index (χ1) is 12.8. The van der Waals surface area contributed by atoms with Gasteiger partial charge in [0.15, 0.2) is 4.90 Å². The minimum Gasteiger partial charge on any atom is -0.378 e. The molecule has 2 aromatic rings. The predicted molar refractivity (Wildman–Crippen MR) is 106 cm³/mol. The first kappa shape index (κ1) is 19.9. The van der Waals surface area contributed by atoms with Crippen molar-refractivity contribution in [1.82, 2.24) is 0 Å². The SMILES string of the molecule is O=[N+]([O-])c1cc(Br)ccc1S(=O)(=O)Nc1cc(Cl)ccc1N1CCOCC1. The molecule has 1 fully saturated rings. The minimum absolute atomic E-state index is 0.251. The second kappa shape index (κ2) is 8.01. The molecule has 27 heavy (non-hydrogen) atoms. The van der Waals surface area contributed by atoms with E-state index in [0.29, 0.717) is 41.5 Å². The average molecular weight is 477 g/mol. The number of nitrogens with zero attached hydrogens (tertiary/aromatic N) is 2. The standard InChI is InChI=1S/C16H15BrClN3O5S/c17-11-1-4-16(15(9-11)21(22)23)27(24,25)19-13-10-12(18)2-3-14(13)20-5-7-26-8-6-20/h1-4,9-10,19H,5-8H2. The molecule has 1 heterocycles. The average Bonchev–Trinajstić information content (AvgIpc) is 2.62. The molecule has 0 aliphatic carbocycles. The third-order valence-corrected chi connectivity index (χ3v) is 6.10. The molecule has 0 unspecified atom stereocenters. The largest absolute Gasteiger partial charge is 0.378 e. The number of ether oxygens (including phenoxy) is 1. The van der Waals surface area contributed by atoms with Crippen LogP contribution in [0.1, 0.15) is 0 Å². The predicted octanol–water partition coefficient (Wildman–Crippen LogP) is 3.65. The quantitative estimate of drug-likeness (QED) is 0.522. The number of nitro groups is 1. The van der Waals surface area contributed by atoms with Crippen molar-refractivity contribution in [3.8, 4) is 0 Å². The lowest BCUT2D eigenvalue weighted by Crippen LogP contribution is -2.36. The van der Waals surface area contributed by atoms with E-state index >= 15 is 0 Å². The Hall–Kier alpha value is -1.88. The molecule has 0 spiro atoms. The summed E-state index contributed by atoms with van der Waals surface area (Å²) < 4.78 is 33.9. The molecule has 1 aliphatic heterocycles. The highest BCUT2D eigenvalue weighted by Gasteiger charge is 2.27. The Morgan fingerprint density at radius 2 is 1.89 bits per heavy atom. The van der Waals surface area contributed by atoms with Gasteiger partial charge in [-0.25, -0.2) is 8.42 Å². The van der Waals surface area contributed by atoms with Gasteiger partial charge in [0.2, 0.25) is 0 Å². The van der Waals surface area contributed by atoms with Crippen molar-refractivity contribution in [1.29, 1.82) is 0 Å². The molecule has 0 amide bonds. The second-order valence-corrected chi connectivity index (χ2v) is 8.74. The normalized spacial score (nSPS) is 14.8. The molecule has 0 saturated carbocycles. The highest BCUT2D eigenvalue weighted by molar-refractivity contribution is 9.10. The second-order valence-electron chi connectivity index (χ2n) is 5.74. The molecule has 8 nitrogen and oxygen atoms in total. The minimum atomic E-state index is -4.21. The molecule has 2 aromatic carbocycles. The molecular weight excluding hydrogens is 462 g/mol. The summed E-state index contributed by atoms with van der Waals surface area (Å²) in [5.74, 6) is 0. The molecule has 144 valence electrons. The Morgan fingerprint density at radius 1 is 1.19 bits per heavy atom. The molecule has 0 bridgehead atoms. The van der Waals surface area contributed by atoms with Crippen LogP contribution in [-0.2, 0) is 14.8 Å². The summed E-state index contributed by atoms with van der Waals surface area (Å²) in [6, 6.07) is 8.61. The van der Waals surface area contributed by atoms with Crippen molar-refractivity contribution in [3.05, 3.63) is 56.0 Å². The number of nitrogens with one attached hydrogen (secondary N) is 1. The van der Waals surface area contributed by atoms with E-state index in [0.717, 1.165) is 6.07 Å². The van der Waals surface area contributed by atoms with E-state index in [2.05, 4.69) is 20.7 Å². The van der Waals surface area contributed by atoms with Gasteiger partial charge in [0.05, 0.1) is 29.5 Å². The third kappa shape index (κ3) is 4.52. The fourth-order valence-corrected chi connectivity index (χ4v) is 4.47. The zero-order valence-corrected chi connectivity index (χ0v) is 17.1. The monoisotopic (exact) mass is 475 g/mol. The van der Waals surface area contributed by atoms with E-state index < -0.39 is 25.5 Å². The highest BCUT2D eigenvalue weighted by atomic mass is 79.9. The van der Waals surface area contributed by atoms with Crippen LogP contribution in [0.4, 0.5) is 17.1 Å². The lowest BCUT2D eigenvalue weighted by molar-refractivity contribution is -0.387. The Kier molecular flexibility index (Phi) is 5.89. The number of anilines is 2. The van der Waals surface area contributed by atoms with E-state index in [1.807, 2.05) is 4.90 Å². The summed E-state index contributed by atoms with van der Waals surface area (Å²) in [4.78, 5) is 12.1. The van der Waals surface area contributed by atoms with E-state index in [9.17, 15) is 18.5 Å². The fourth-order valence-electron chi connectivity index (χ4n) is 2.73. The fraction of sp³-hybridized carbons (Fsp3) is 0.250. The van der Waals surface area contributed by atoms with Crippen LogP contribution >= 0.6 is 27.5 Å². The van der Waals surface area contributed by atoms with Crippen molar-refractivity contribution >= 4 is 54.6 Å². The molecule has 1 saturated heterocycles. The summed E-state index contributed by atoms with van der Waals surface area (Å²) in [6.45, 7) is 2.23.